The van der Waals surface area contributed by atoms with Crippen molar-refractivity contribution in [2.24, 2.45) is 0 Å². The SMILES string of the molecule is COCCNCc1nn(-c2cccc(OC)c2)c(=O)cc1O. The van der Waals surface area contributed by atoms with Gasteiger partial charge in [-0.15, -0.1) is 0 Å². The lowest BCUT2D eigenvalue weighted by molar-refractivity contribution is 0.199. The van der Waals surface area contributed by atoms with E-state index in [1.807, 2.05) is 0 Å². The van der Waals surface area contributed by atoms with E-state index in [0.717, 1.165) is 6.07 Å². The molecule has 0 spiro atoms. The molecule has 0 fully saturated rings. The third-order valence-electron chi connectivity index (χ3n) is 3.06. The van der Waals surface area contributed by atoms with E-state index in [9.17, 15) is 9.90 Å². The van der Waals surface area contributed by atoms with Gasteiger partial charge >= 0.3 is 0 Å². The summed E-state index contributed by atoms with van der Waals surface area (Å²) < 4.78 is 11.3. The highest BCUT2D eigenvalue weighted by Gasteiger charge is 2.09. The Balaban J connectivity index is 2.29. The molecule has 1 aromatic heterocycles. The molecule has 0 aliphatic rings. The van der Waals surface area contributed by atoms with Crippen LogP contribution in [-0.2, 0) is 11.3 Å². The minimum atomic E-state index is -0.411. The predicted octanol–water partition coefficient (Wildman–Crippen LogP) is 0.683. The molecule has 0 saturated heterocycles. The van der Waals surface area contributed by atoms with Crippen molar-refractivity contribution < 1.29 is 14.6 Å². The first-order valence-corrected chi connectivity index (χ1v) is 6.82. The van der Waals surface area contributed by atoms with Crippen LogP contribution in [-0.4, -0.2) is 42.3 Å². The Kier molecular flexibility index (Phi) is 5.51. The van der Waals surface area contributed by atoms with E-state index in [-0.39, 0.29) is 5.75 Å². The quantitative estimate of drug-likeness (QED) is 0.732. The highest BCUT2D eigenvalue weighted by atomic mass is 16.5. The summed E-state index contributed by atoms with van der Waals surface area (Å²) >= 11 is 0. The van der Waals surface area contributed by atoms with Gasteiger partial charge in [0.05, 0.1) is 19.4 Å². The van der Waals surface area contributed by atoms with Crippen LogP contribution in [0, 0.1) is 0 Å². The van der Waals surface area contributed by atoms with Crippen molar-refractivity contribution in [2.45, 2.75) is 6.54 Å². The van der Waals surface area contributed by atoms with Crippen molar-refractivity contribution in [2.75, 3.05) is 27.4 Å². The first kappa shape index (κ1) is 16.0. The van der Waals surface area contributed by atoms with Crippen molar-refractivity contribution in [3.8, 4) is 17.2 Å². The second-order valence-corrected chi connectivity index (χ2v) is 4.60. The van der Waals surface area contributed by atoms with Gasteiger partial charge in [0.25, 0.3) is 5.56 Å². The molecule has 2 rings (SSSR count). The third kappa shape index (κ3) is 3.84. The average Bonchev–Trinajstić information content (AvgIpc) is 2.53. The average molecular weight is 305 g/mol. The molecule has 0 amide bonds. The summed E-state index contributed by atoms with van der Waals surface area (Å²) in [6.45, 7) is 1.51. The Morgan fingerprint density at radius 1 is 1.32 bits per heavy atom. The summed E-state index contributed by atoms with van der Waals surface area (Å²) in [6, 6.07) is 8.15. The van der Waals surface area contributed by atoms with Crippen molar-refractivity contribution >= 4 is 0 Å². The molecule has 0 saturated carbocycles. The number of aromatic hydroxyl groups is 1. The zero-order valence-corrected chi connectivity index (χ0v) is 12.6. The molecule has 0 aliphatic carbocycles. The Bertz CT molecular complexity index is 685. The fourth-order valence-electron chi connectivity index (χ4n) is 1.92. The van der Waals surface area contributed by atoms with Crippen LogP contribution in [0.1, 0.15) is 5.69 Å². The zero-order chi connectivity index (χ0) is 15.9. The van der Waals surface area contributed by atoms with Crippen LogP contribution in [0.2, 0.25) is 0 Å². The van der Waals surface area contributed by atoms with Gasteiger partial charge in [-0.3, -0.25) is 4.79 Å². The smallest absolute Gasteiger partial charge is 0.275 e. The van der Waals surface area contributed by atoms with E-state index >= 15 is 0 Å². The maximum absolute atomic E-state index is 12.0. The molecule has 2 aromatic rings. The van der Waals surface area contributed by atoms with Gasteiger partial charge in [0, 0.05) is 32.3 Å². The summed E-state index contributed by atoms with van der Waals surface area (Å²) in [5, 5.41) is 17.1. The molecule has 1 aromatic carbocycles. The van der Waals surface area contributed by atoms with Crippen molar-refractivity contribution in [3.63, 3.8) is 0 Å². The lowest BCUT2D eigenvalue weighted by Gasteiger charge is -2.10. The molecule has 7 heteroatoms. The Morgan fingerprint density at radius 3 is 2.86 bits per heavy atom. The summed E-state index contributed by atoms with van der Waals surface area (Å²) in [5.74, 6) is 0.494. The Morgan fingerprint density at radius 2 is 2.14 bits per heavy atom. The number of aromatic nitrogens is 2. The Labute approximate surface area is 128 Å². The zero-order valence-electron chi connectivity index (χ0n) is 12.6. The topological polar surface area (TPSA) is 85.6 Å². The predicted molar refractivity (Wildman–Crippen MR) is 81.6 cm³/mol. The third-order valence-corrected chi connectivity index (χ3v) is 3.06. The lowest BCUT2D eigenvalue weighted by Crippen LogP contribution is -2.25. The Hall–Kier alpha value is -2.38. The molecule has 0 bridgehead atoms. The van der Waals surface area contributed by atoms with Gasteiger partial charge in [-0.05, 0) is 12.1 Å². The van der Waals surface area contributed by atoms with Gasteiger partial charge in [0.1, 0.15) is 17.2 Å². The summed E-state index contributed by atoms with van der Waals surface area (Å²) in [6.07, 6.45) is 0. The van der Waals surface area contributed by atoms with Gasteiger partial charge in [0.15, 0.2) is 0 Å². The maximum Gasteiger partial charge on any atom is 0.275 e. The van der Waals surface area contributed by atoms with Crippen LogP contribution < -0.4 is 15.6 Å². The highest BCUT2D eigenvalue weighted by Crippen LogP contribution is 2.16. The second-order valence-electron chi connectivity index (χ2n) is 4.60. The van der Waals surface area contributed by atoms with Crippen LogP contribution >= 0.6 is 0 Å². The number of hydrogen-bond donors (Lipinski definition) is 2. The molecule has 0 atom stereocenters. The molecule has 7 nitrogen and oxygen atoms in total. The minimum Gasteiger partial charge on any atom is -0.506 e. The van der Waals surface area contributed by atoms with E-state index in [1.54, 1.807) is 38.5 Å². The van der Waals surface area contributed by atoms with Crippen LogP contribution in [0.4, 0.5) is 0 Å². The number of ether oxygens (including phenoxy) is 2. The molecular weight excluding hydrogens is 286 g/mol. The van der Waals surface area contributed by atoms with Gasteiger partial charge in [-0.2, -0.15) is 9.78 Å². The van der Waals surface area contributed by atoms with Crippen molar-refractivity contribution in [1.29, 1.82) is 0 Å². The number of methoxy groups -OCH3 is 2. The molecule has 1 heterocycles. The van der Waals surface area contributed by atoms with Crippen LogP contribution in [0.3, 0.4) is 0 Å². The number of rotatable bonds is 7. The van der Waals surface area contributed by atoms with Gasteiger partial charge in [-0.1, -0.05) is 6.07 Å². The first-order valence-electron chi connectivity index (χ1n) is 6.82. The van der Waals surface area contributed by atoms with Gasteiger partial charge in [0.2, 0.25) is 0 Å². The fourth-order valence-corrected chi connectivity index (χ4v) is 1.92. The molecule has 22 heavy (non-hydrogen) atoms. The molecule has 2 N–H and O–H groups in total. The number of nitrogens with one attached hydrogen (secondary N) is 1. The number of nitrogens with zero attached hydrogens (tertiary/aromatic N) is 2. The molecule has 0 radical (unpaired) electrons. The standard InChI is InChI=1S/C15H19N3O4/c1-21-7-6-16-10-13-14(19)9-15(20)18(17-13)11-4-3-5-12(8-11)22-2/h3-5,8-9,16,19H,6-7,10H2,1-2H3. The van der Waals surface area contributed by atoms with E-state index in [2.05, 4.69) is 10.4 Å². The molecule has 118 valence electrons. The minimum absolute atomic E-state index is 0.130. The van der Waals surface area contributed by atoms with Crippen LogP contribution in [0.25, 0.3) is 5.69 Å². The highest BCUT2D eigenvalue weighted by molar-refractivity contribution is 5.39. The van der Waals surface area contributed by atoms with E-state index in [4.69, 9.17) is 9.47 Å². The number of benzene rings is 1. The van der Waals surface area contributed by atoms with E-state index in [0.29, 0.717) is 36.8 Å². The van der Waals surface area contributed by atoms with Crippen LogP contribution in [0.5, 0.6) is 11.5 Å². The largest absolute Gasteiger partial charge is 0.506 e. The monoisotopic (exact) mass is 305 g/mol. The first-order chi connectivity index (χ1) is 10.7. The van der Waals surface area contributed by atoms with Gasteiger partial charge in [-0.25, -0.2) is 0 Å². The maximum atomic E-state index is 12.0. The normalized spacial score (nSPS) is 10.6. The van der Waals surface area contributed by atoms with Crippen molar-refractivity contribution in [3.05, 3.63) is 46.4 Å². The van der Waals surface area contributed by atoms with E-state index < -0.39 is 5.56 Å². The number of hydrogen-bond acceptors (Lipinski definition) is 6. The van der Waals surface area contributed by atoms with Crippen molar-refractivity contribution in [1.82, 2.24) is 15.1 Å². The van der Waals surface area contributed by atoms with E-state index in [1.165, 1.54) is 4.68 Å². The molecule has 0 aliphatic heterocycles. The fraction of sp³-hybridized carbons (Fsp3) is 0.333. The van der Waals surface area contributed by atoms with Crippen LogP contribution in [0.15, 0.2) is 35.1 Å². The molecular formula is C15H19N3O4. The molecule has 0 unspecified atom stereocenters. The summed E-state index contributed by atoms with van der Waals surface area (Å²) in [4.78, 5) is 12.0. The second kappa shape index (κ2) is 7.58. The van der Waals surface area contributed by atoms with Gasteiger partial charge < -0.3 is 19.9 Å². The lowest BCUT2D eigenvalue weighted by atomic mass is 10.3. The summed E-state index contributed by atoms with van der Waals surface area (Å²) in [7, 11) is 3.16. The summed E-state index contributed by atoms with van der Waals surface area (Å²) in [5.41, 5.74) is 0.549.